The van der Waals surface area contributed by atoms with Gasteiger partial charge in [-0.3, -0.25) is 0 Å². The van der Waals surface area contributed by atoms with Crippen molar-refractivity contribution in [3.63, 3.8) is 0 Å². The van der Waals surface area contributed by atoms with Crippen molar-refractivity contribution in [2.45, 2.75) is 0 Å². The fourth-order valence-electron chi connectivity index (χ4n) is 1.18. The molecule has 0 aliphatic carbocycles. The summed E-state index contributed by atoms with van der Waals surface area (Å²) in [6.07, 6.45) is 3.04. The molecule has 0 aliphatic heterocycles. The summed E-state index contributed by atoms with van der Waals surface area (Å²) in [5, 5.41) is 0.500. The van der Waals surface area contributed by atoms with Crippen molar-refractivity contribution in [2.75, 3.05) is 7.11 Å². The molecule has 1 aromatic heterocycles. The summed E-state index contributed by atoms with van der Waals surface area (Å²) in [7, 11) is 1.63. The van der Waals surface area contributed by atoms with Gasteiger partial charge in [-0.2, -0.15) is 0 Å². The van der Waals surface area contributed by atoms with Crippen LogP contribution in [0.1, 0.15) is 11.4 Å². The third-order valence-electron chi connectivity index (χ3n) is 2.03. The lowest BCUT2D eigenvalue weighted by Crippen LogP contribution is -1.86. The van der Waals surface area contributed by atoms with Gasteiger partial charge in [0, 0.05) is 5.56 Å². The Kier molecular flexibility index (Phi) is 3.59. The Morgan fingerprint density at radius 3 is 2.29 bits per heavy atom. The highest BCUT2D eigenvalue weighted by Gasteiger charge is 1.92. The Morgan fingerprint density at radius 1 is 1.06 bits per heavy atom. The van der Waals surface area contributed by atoms with E-state index in [-0.39, 0.29) is 0 Å². The van der Waals surface area contributed by atoms with Gasteiger partial charge in [0.15, 0.2) is 0 Å². The third kappa shape index (κ3) is 3.20. The molecule has 0 unspecified atom stereocenters. The second kappa shape index (κ2) is 5.33. The van der Waals surface area contributed by atoms with Gasteiger partial charge in [-0.25, -0.2) is 9.97 Å². The molecule has 0 fully saturated rings. The molecule has 4 heteroatoms. The average molecular weight is 245 g/mol. The highest BCUT2D eigenvalue weighted by atomic mass is 35.5. The first kappa shape index (κ1) is 11.4. The molecule has 1 aromatic carbocycles. The minimum atomic E-state index is 0.449. The van der Waals surface area contributed by atoms with Crippen molar-refractivity contribution in [2.24, 2.45) is 0 Å². The second-order valence-electron chi connectivity index (χ2n) is 3.20. The van der Waals surface area contributed by atoms with Crippen molar-refractivity contribution >= 4 is 11.6 Å². The van der Waals surface area contributed by atoms with Crippen molar-refractivity contribution in [1.29, 1.82) is 0 Å². The first-order valence-electron chi connectivity index (χ1n) is 4.91. The molecule has 0 bridgehead atoms. The number of rotatable bonds is 1. The van der Waals surface area contributed by atoms with E-state index >= 15 is 0 Å². The van der Waals surface area contributed by atoms with Crippen LogP contribution in [0, 0.1) is 11.8 Å². The van der Waals surface area contributed by atoms with Crippen molar-refractivity contribution in [3.8, 4) is 17.6 Å². The standard InChI is InChI=1S/C13H9ClN2O/c1-17-12-5-2-10(3-6-12)4-7-13-15-8-11(14)9-16-13/h2-3,5-6,8-9H,1H3. The van der Waals surface area contributed by atoms with Crippen molar-refractivity contribution in [1.82, 2.24) is 9.97 Å². The number of hydrogen-bond acceptors (Lipinski definition) is 3. The molecule has 0 amide bonds. The molecule has 17 heavy (non-hydrogen) atoms. The Morgan fingerprint density at radius 2 is 1.71 bits per heavy atom. The van der Waals surface area contributed by atoms with Gasteiger partial charge in [-0.15, -0.1) is 0 Å². The maximum absolute atomic E-state index is 5.68. The predicted molar refractivity (Wildman–Crippen MR) is 66.0 cm³/mol. The molecule has 0 radical (unpaired) electrons. The van der Waals surface area contributed by atoms with Gasteiger partial charge >= 0.3 is 0 Å². The summed E-state index contributed by atoms with van der Waals surface area (Å²) >= 11 is 5.68. The van der Waals surface area contributed by atoms with E-state index in [1.807, 2.05) is 24.3 Å². The van der Waals surface area contributed by atoms with Crippen molar-refractivity contribution in [3.05, 3.63) is 53.1 Å². The van der Waals surface area contributed by atoms with Crippen LogP contribution in [0.2, 0.25) is 5.02 Å². The van der Waals surface area contributed by atoms with Gasteiger partial charge in [0.05, 0.1) is 24.5 Å². The quantitative estimate of drug-likeness (QED) is 0.723. The van der Waals surface area contributed by atoms with Crippen LogP contribution in [0.25, 0.3) is 0 Å². The maximum atomic E-state index is 5.68. The minimum Gasteiger partial charge on any atom is -0.497 e. The Bertz CT molecular complexity index is 553. The molecule has 1 heterocycles. The van der Waals surface area contributed by atoms with E-state index in [2.05, 4.69) is 21.8 Å². The van der Waals surface area contributed by atoms with Crippen LogP contribution in [0.3, 0.4) is 0 Å². The molecule has 0 saturated heterocycles. The summed E-state index contributed by atoms with van der Waals surface area (Å²) < 4.78 is 5.06. The number of halogens is 1. The molecule has 0 N–H and O–H groups in total. The van der Waals surface area contributed by atoms with E-state index in [1.165, 1.54) is 12.4 Å². The van der Waals surface area contributed by atoms with E-state index in [4.69, 9.17) is 16.3 Å². The summed E-state index contributed by atoms with van der Waals surface area (Å²) in [4.78, 5) is 7.97. The van der Waals surface area contributed by atoms with Crippen LogP contribution in [-0.4, -0.2) is 17.1 Å². The molecule has 0 aliphatic rings. The highest BCUT2D eigenvalue weighted by molar-refractivity contribution is 6.30. The van der Waals surface area contributed by atoms with Crippen LogP contribution in [0.15, 0.2) is 36.7 Å². The number of ether oxygens (including phenoxy) is 1. The Labute approximate surface area is 104 Å². The smallest absolute Gasteiger partial charge is 0.205 e. The topological polar surface area (TPSA) is 35.0 Å². The molecule has 3 nitrogen and oxygen atoms in total. The van der Waals surface area contributed by atoms with E-state index in [0.717, 1.165) is 11.3 Å². The SMILES string of the molecule is COc1ccc(C#Cc2ncc(Cl)cn2)cc1. The lowest BCUT2D eigenvalue weighted by molar-refractivity contribution is 0.415. The maximum Gasteiger partial charge on any atom is 0.205 e. The Hall–Kier alpha value is -2.05. The zero-order chi connectivity index (χ0) is 12.1. The highest BCUT2D eigenvalue weighted by Crippen LogP contribution is 2.10. The minimum absolute atomic E-state index is 0.449. The first-order valence-corrected chi connectivity index (χ1v) is 5.29. The average Bonchev–Trinajstić information content (AvgIpc) is 2.39. The van der Waals surface area contributed by atoms with E-state index in [0.29, 0.717) is 10.8 Å². The molecule has 2 aromatic rings. The molecular formula is C13H9ClN2O. The number of nitrogens with zero attached hydrogens (tertiary/aromatic N) is 2. The summed E-state index contributed by atoms with van der Waals surface area (Å²) in [6.45, 7) is 0. The molecule has 2 rings (SSSR count). The van der Waals surface area contributed by atoms with E-state index in [9.17, 15) is 0 Å². The van der Waals surface area contributed by atoms with Crippen LogP contribution in [0.5, 0.6) is 5.75 Å². The monoisotopic (exact) mass is 244 g/mol. The van der Waals surface area contributed by atoms with Gasteiger partial charge in [-0.1, -0.05) is 17.5 Å². The molecule has 0 spiro atoms. The number of benzene rings is 1. The third-order valence-corrected chi connectivity index (χ3v) is 2.22. The van der Waals surface area contributed by atoms with E-state index < -0.39 is 0 Å². The summed E-state index contributed by atoms with van der Waals surface area (Å²) in [6, 6.07) is 7.46. The summed E-state index contributed by atoms with van der Waals surface area (Å²) in [5.41, 5.74) is 0.879. The van der Waals surface area contributed by atoms with Crippen LogP contribution >= 0.6 is 11.6 Å². The lowest BCUT2D eigenvalue weighted by atomic mass is 10.2. The molecular weight excluding hydrogens is 236 g/mol. The molecule has 0 saturated carbocycles. The van der Waals surface area contributed by atoms with E-state index in [1.54, 1.807) is 7.11 Å². The van der Waals surface area contributed by atoms with Gasteiger partial charge < -0.3 is 4.74 Å². The van der Waals surface area contributed by atoms with Crippen LogP contribution in [-0.2, 0) is 0 Å². The summed E-state index contributed by atoms with van der Waals surface area (Å²) in [5.74, 6) is 7.07. The number of hydrogen-bond donors (Lipinski definition) is 0. The molecule has 0 atom stereocenters. The number of methoxy groups -OCH3 is 1. The number of aromatic nitrogens is 2. The zero-order valence-electron chi connectivity index (χ0n) is 9.14. The largest absolute Gasteiger partial charge is 0.497 e. The van der Waals surface area contributed by atoms with Gasteiger partial charge in [-0.05, 0) is 30.2 Å². The fraction of sp³-hybridized carbons (Fsp3) is 0.0769. The fourth-order valence-corrected chi connectivity index (χ4v) is 1.28. The van der Waals surface area contributed by atoms with Gasteiger partial charge in [0.25, 0.3) is 0 Å². The second-order valence-corrected chi connectivity index (χ2v) is 3.64. The van der Waals surface area contributed by atoms with Crippen LogP contribution in [0.4, 0.5) is 0 Å². The predicted octanol–water partition coefficient (Wildman–Crippen LogP) is 2.54. The Balaban J connectivity index is 2.17. The first-order chi connectivity index (χ1) is 8.28. The van der Waals surface area contributed by atoms with Crippen LogP contribution < -0.4 is 4.74 Å². The molecule has 84 valence electrons. The zero-order valence-corrected chi connectivity index (χ0v) is 9.90. The van der Waals surface area contributed by atoms with Crippen molar-refractivity contribution < 1.29 is 4.74 Å². The van der Waals surface area contributed by atoms with Gasteiger partial charge in [0.2, 0.25) is 5.82 Å². The normalized spacial score (nSPS) is 9.29. The van der Waals surface area contributed by atoms with Gasteiger partial charge in [0.1, 0.15) is 5.75 Å². The lowest BCUT2D eigenvalue weighted by Gasteiger charge is -1.97.